The van der Waals surface area contributed by atoms with Gasteiger partial charge in [0.05, 0.1) is 0 Å². The van der Waals surface area contributed by atoms with Gasteiger partial charge in [-0.05, 0) is 19.5 Å². The van der Waals surface area contributed by atoms with E-state index in [-0.39, 0.29) is 0 Å². The Bertz CT molecular complexity index is 163. The normalized spacial score (nSPS) is 11.2. The van der Waals surface area contributed by atoms with Crippen LogP contribution >= 0.6 is 0 Å². The van der Waals surface area contributed by atoms with Crippen molar-refractivity contribution in [1.82, 2.24) is 10.6 Å². The Morgan fingerprint density at radius 3 is 1.27 bits per heavy atom. The Labute approximate surface area is 141 Å². The van der Waals surface area contributed by atoms with Crippen molar-refractivity contribution in [1.29, 1.82) is 0 Å². The molecule has 0 radical (unpaired) electrons. The van der Waals surface area contributed by atoms with Crippen molar-refractivity contribution < 1.29 is 0 Å². The van der Waals surface area contributed by atoms with Gasteiger partial charge in [-0.3, -0.25) is 0 Å². The maximum Gasteiger partial charge on any atom is 0.00767 e. The second-order valence-electron chi connectivity index (χ2n) is 6.70. The Morgan fingerprint density at radius 2 is 0.818 bits per heavy atom. The summed E-state index contributed by atoms with van der Waals surface area (Å²) in [6.45, 7) is 8.96. The van der Waals surface area contributed by atoms with Crippen molar-refractivity contribution in [2.75, 3.05) is 26.2 Å². The average Bonchev–Trinajstić information content (AvgIpc) is 2.54. The summed E-state index contributed by atoms with van der Waals surface area (Å²) in [4.78, 5) is 0. The first-order valence-electron chi connectivity index (χ1n) is 10.3. The minimum atomic E-state index is 1.08. The molecule has 2 heteroatoms. The van der Waals surface area contributed by atoms with E-state index >= 15 is 0 Å². The molecule has 0 amide bonds. The van der Waals surface area contributed by atoms with Gasteiger partial charge in [0.2, 0.25) is 0 Å². The summed E-state index contributed by atoms with van der Waals surface area (Å²) >= 11 is 0. The van der Waals surface area contributed by atoms with E-state index in [0.717, 1.165) is 19.6 Å². The summed E-state index contributed by atoms with van der Waals surface area (Å²) in [5, 5.41) is 6.84. The molecule has 0 unspecified atom stereocenters. The van der Waals surface area contributed by atoms with Crippen LogP contribution in [0.4, 0.5) is 0 Å². The Balaban J connectivity index is 2.91. The van der Waals surface area contributed by atoms with Crippen LogP contribution in [0.5, 0.6) is 0 Å². The molecule has 2 nitrogen and oxygen atoms in total. The predicted molar refractivity (Wildman–Crippen MR) is 102 cm³/mol. The van der Waals surface area contributed by atoms with Crippen LogP contribution in [-0.2, 0) is 0 Å². The van der Waals surface area contributed by atoms with Crippen LogP contribution in [0.2, 0.25) is 0 Å². The van der Waals surface area contributed by atoms with Gasteiger partial charge >= 0.3 is 0 Å². The highest BCUT2D eigenvalue weighted by atomic mass is 14.9. The third-order valence-electron chi connectivity index (χ3n) is 4.44. The number of rotatable bonds is 19. The molecule has 0 saturated heterocycles. The molecule has 134 valence electrons. The molecule has 22 heavy (non-hydrogen) atoms. The molecule has 0 heterocycles. The maximum absolute atomic E-state index is 3.50. The van der Waals surface area contributed by atoms with E-state index in [9.17, 15) is 0 Å². The van der Waals surface area contributed by atoms with Crippen LogP contribution < -0.4 is 10.6 Å². The number of hydrogen-bond acceptors (Lipinski definition) is 2. The van der Waals surface area contributed by atoms with Gasteiger partial charge in [-0.2, -0.15) is 0 Å². The molecule has 0 aliphatic carbocycles. The summed E-state index contributed by atoms with van der Waals surface area (Å²) < 4.78 is 0. The van der Waals surface area contributed by atoms with E-state index in [1.54, 1.807) is 0 Å². The lowest BCUT2D eigenvalue weighted by molar-refractivity contribution is 0.528. The molecule has 0 fully saturated rings. The van der Waals surface area contributed by atoms with E-state index in [0.29, 0.717) is 0 Å². The lowest BCUT2D eigenvalue weighted by atomic mass is 10.0. The zero-order chi connectivity index (χ0) is 16.1. The fourth-order valence-corrected chi connectivity index (χ4v) is 2.92. The van der Waals surface area contributed by atoms with Crippen LogP contribution in [0.15, 0.2) is 0 Å². The fraction of sp³-hybridized carbons (Fsp3) is 1.00. The van der Waals surface area contributed by atoms with E-state index < -0.39 is 0 Å². The van der Waals surface area contributed by atoms with Gasteiger partial charge in [-0.25, -0.2) is 0 Å². The molecule has 0 aromatic carbocycles. The second kappa shape index (κ2) is 20.9. The minimum Gasteiger partial charge on any atom is -0.316 e. The lowest BCUT2D eigenvalue weighted by Gasteiger charge is -2.05. The van der Waals surface area contributed by atoms with Crippen molar-refractivity contribution in [2.24, 2.45) is 0 Å². The fourth-order valence-electron chi connectivity index (χ4n) is 2.92. The number of unbranched alkanes of at least 4 members (excludes halogenated alkanes) is 13. The smallest absolute Gasteiger partial charge is 0.00767 e. The number of likely N-dealkylation sites (N-methyl/N-ethyl adjacent to an activating group) is 1. The first-order valence-corrected chi connectivity index (χ1v) is 10.3. The highest BCUT2D eigenvalue weighted by molar-refractivity contribution is 4.53. The second-order valence-corrected chi connectivity index (χ2v) is 6.70. The summed E-state index contributed by atoms with van der Waals surface area (Å²) in [6, 6.07) is 0. The maximum atomic E-state index is 3.50. The molecule has 0 saturated carbocycles. The van der Waals surface area contributed by atoms with Gasteiger partial charge in [0.15, 0.2) is 0 Å². The van der Waals surface area contributed by atoms with Crippen LogP contribution in [0.1, 0.15) is 104 Å². The Hall–Kier alpha value is -0.0800. The molecule has 2 N–H and O–H groups in total. The SMILES string of the molecule is CCCCCCCCCCCCCCCCNCCNCC. The number of hydrogen-bond donors (Lipinski definition) is 2. The molecule has 0 bridgehead atoms. The molecule has 0 aromatic heterocycles. The molecular formula is C20H44N2. The summed E-state index contributed by atoms with van der Waals surface area (Å²) in [5.41, 5.74) is 0. The summed E-state index contributed by atoms with van der Waals surface area (Å²) in [6.07, 6.45) is 20.2. The molecule has 0 rings (SSSR count). The molecule has 0 spiro atoms. The van der Waals surface area contributed by atoms with Crippen molar-refractivity contribution >= 4 is 0 Å². The lowest BCUT2D eigenvalue weighted by Crippen LogP contribution is -2.27. The predicted octanol–water partition coefficient (Wildman–Crippen LogP) is 5.67. The van der Waals surface area contributed by atoms with Gasteiger partial charge in [0.1, 0.15) is 0 Å². The van der Waals surface area contributed by atoms with Crippen molar-refractivity contribution in [3.8, 4) is 0 Å². The van der Waals surface area contributed by atoms with Crippen LogP contribution in [0.3, 0.4) is 0 Å². The molecular weight excluding hydrogens is 268 g/mol. The zero-order valence-electron chi connectivity index (χ0n) is 15.7. The minimum absolute atomic E-state index is 1.08. The zero-order valence-corrected chi connectivity index (χ0v) is 15.7. The topological polar surface area (TPSA) is 24.1 Å². The standard InChI is InChI=1S/C20H44N2/c1-3-5-6-7-8-9-10-11-12-13-14-15-16-17-18-22-20-19-21-4-2/h21-22H,3-20H2,1-2H3. The molecule has 0 aliphatic heterocycles. The summed E-state index contributed by atoms with van der Waals surface area (Å²) in [7, 11) is 0. The van der Waals surface area contributed by atoms with E-state index in [1.165, 1.54) is 96.4 Å². The first kappa shape index (κ1) is 21.9. The van der Waals surface area contributed by atoms with Crippen molar-refractivity contribution in [3.63, 3.8) is 0 Å². The average molecular weight is 313 g/mol. The first-order chi connectivity index (χ1) is 10.9. The third kappa shape index (κ3) is 19.9. The van der Waals surface area contributed by atoms with E-state index in [4.69, 9.17) is 0 Å². The van der Waals surface area contributed by atoms with E-state index in [2.05, 4.69) is 24.5 Å². The van der Waals surface area contributed by atoms with Crippen molar-refractivity contribution in [2.45, 2.75) is 104 Å². The largest absolute Gasteiger partial charge is 0.316 e. The Morgan fingerprint density at radius 1 is 0.409 bits per heavy atom. The highest BCUT2D eigenvalue weighted by Crippen LogP contribution is 2.12. The van der Waals surface area contributed by atoms with Crippen LogP contribution in [0.25, 0.3) is 0 Å². The number of nitrogens with one attached hydrogen (secondary N) is 2. The van der Waals surface area contributed by atoms with Crippen LogP contribution in [0, 0.1) is 0 Å². The Kier molecular flexibility index (Phi) is 20.8. The van der Waals surface area contributed by atoms with Gasteiger partial charge in [0, 0.05) is 13.1 Å². The third-order valence-corrected chi connectivity index (χ3v) is 4.44. The molecule has 0 aliphatic rings. The van der Waals surface area contributed by atoms with Crippen molar-refractivity contribution in [3.05, 3.63) is 0 Å². The molecule has 0 atom stereocenters. The van der Waals surface area contributed by atoms with Gasteiger partial charge in [-0.1, -0.05) is 97.3 Å². The monoisotopic (exact) mass is 312 g/mol. The molecule has 0 aromatic rings. The van der Waals surface area contributed by atoms with E-state index in [1.807, 2.05) is 0 Å². The summed E-state index contributed by atoms with van der Waals surface area (Å²) in [5.74, 6) is 0. The quantitative estimate of drug-likeness (QED) is 0.300. The van der Waals surface area contributed by atoms with Gasteiger partial charge in [0.25, 0.3) is 0 Å². The van der Waals surface area contributed by atoms with Gasteiger partial charge in [-0.15, -0.1) is 0 Å². The van der Waals surface area contributed by atoms with Crippen LogP contribution in [-0.4, -0.2) is 26.2 Å². The highest BCUT2D eigenvalue weighted by Gasteiger charge is 1.94. The van der Waals surface area contributed by atoms with Gasteiger partial charge < -0.3 is 10.6 Å².